The number of hydrogen-bond acceptors (Lipinski definition) is 6. The van der Waals surface area contributed by atoms with Crippen LogP contribution in [-0.2, 0) is 28.6 Å². The van der Waals surface area contributed by atoms with E-state index in [1.54, 1.807) is 0 Å². The molecule has 0 saturated carbocycles. The lowest BCUT2D eigenvalue weighted by Gasteiger charge is -2.18. The molecule has 0 aromatic carbocycles. The molecule has 0 aromatic rings. The van der Waals surface area contributed by atoms with Gasteiger partial charge in [0.2, 0.25) is 0 Å². The molecule has 0 unspecified atom stereocenters. The third-order valence-corrected chi connectivity index (χ3v) is 13.8. The van der Waals surface area contributed by atoms with Gasteiger partial charge in [0.05, 0.1) is 0 Å². The van der Waals surface area contributed by atoms with Crippen molar-refractivity contribution >= 4 is 17.9 Å². The largest absolute Gasteiger partial charge is 0.462 e. The molecule has 0 aliphatic heterocycles. The van der Waals surface area contributed by atoms with Crippen molar-refractivity contribution in [3.8, 4) is 0 Å². The lowest BCUT2D eigenvalue weighted by atomic mass is 10.0. The number of rotatable bonds is 56. The number of carbonyl (C=O) groups is 3. The molecule has 0 spiro atoms. The zero-order valence-corrected chi connectivity index (χ0v) is 45.5. The van der Waals surface area contributed by atoms with Gasteiger partial charge < -0.3 is 14.2 Å². The van der Waals surface area contributed by atoms with Gasteiger partial charge in [0.25, 0.3) is 0 Å². The van der Waals surface area contributed by atoms with Gasteiger partial charge in [-0.1, -0.05) is 290 Å². The van der Waals surface area contributed by atoms with E-state index in [1.165, 1.54) is 238 Å². The highest BCUT2D eigenvalue weighted by atomic mass is 16.6. The third kappa shape index (κ3) is 55.0. The maximum absolute atomic E-state index is 12.9. The first-order valence-corrected chi connectivity index (χ1v) is 30.2. The van der Waals surface area contributed by atoms with Crippen LogP contribution in [0.4, 0.5) is 0 Å². The van der Waals surface area contributed by atoms with Gasteiger partial charge in [-0.15, -0.1) is 0 Å². The van der Waals surface area contributed by atoms with Crippen LogP contribution in [0.3, 0.4) is 0 Å². The van der Waals surface area contributed by atoms with Crippen LogP contribution in [0.1, 0.15) is 342 Å². The highest BCUT2D eigenvalue weighted by molar-refractivity contribution is 5.71. The molecule has 0 rings (SSSR count). The predicted molar refractivity (Wildman–Crippen MR) is 289 cm³/mol. The normalized spacial score (nSPS) is 12.0. The molecule has 0 radical (unpaired) electrons. The second kappa shape index (κ2) is 56.7. The second-order valence-corrected chi connectivity index (χ2v) is 20.6. The van der Waals surface area contributed by atoms with Crippen LogP contribution in [-0.4, -0.2) is 37.2 Å². The zero-order chi connectivity index (χ0) is 48.6. The molecule has 0 aliphatic rings. The number of hydrogen-bond donors (Lipinski definition) is 0. The van der Waals surface area contributed by atoms with Crippen molar-refractivity contribution in [1.29, 1.82) is 0 Å². The summed E-state index contributed by atoms with van der Waals surface area (Å²) in [5.41, 5.74) is 0. The summed E-state index contributed by atoms with van der Waals surface area (Å²) in [4.78, 5) is 38.2. The van der Waals surface area contributed by atoms with Gasteiger partial charge in [0.1, 0.15) is 13.2 Å². The van der Waals surface area contributed by atoms with E-state index in [9.17, 15) is 14.4 Å². The van der Waals surface area contributed by atoms with E-state index in [4.69, 9.17) is 14.2 Å². The van der Waals surface area contributed by atoms with Crippen LogP contribution < -0.4 is 0 Å². The van der Waals surface area contributed by atoms with Crippen LogP contribution in [0, 0.1) is 0 Å². The van der Waals surface area contributed by atoms with Gasteiger partial charge in [-0.3, -0.25) is 14.4 Å². The molecule has 396 valence electrons. The molecule has 0 bridgehead atoms. The van der Waals surface area contributed by atoms with Crippen molar-refractivity contribution in [2.24, 2.45) is 0 Å². The van der Waals surface area contributed by atoms with Gasteiger partial charge in [-0.25, -0.2) is 0 Å². The Morgan fingerprint density at radius 2 is 0.493 bits per heavy atom. The van der Waals surface area contributed by atoms with Crippen LogP contribution in [0.25, 0.3) is 0 Å². The van der Waals surface area contributed by atoms with Crippen LogP contribution in [0.2, 0.25) is 0 Å². The SMILES string of the molecule is CCCCCC/C=C/CCCCCCCC(=O)OC[C@H](COC(=O)CCCCCCCCCCCCCCCCCCCC)OC(=O)CCCCCCCCCCCCCCCCCCCC. The monoisotopic (exact) mass is 945 g/mol. The average Bonchev–Trinajstić information content (AvgIpc) is 3.33. The Labute approximate surface area is 418 Å². The Bertz CT molecular complexity index is 1040. The van der Waals surface area contributed by atoms with Crippen molar-refractivity contribution in [3.05, 3.63) is 12.2 Å². The van der Waals surface area contributed by atoms with Gasteiger partial charge in [0.15, 0.2) is 6.10 Å². The fourth-order valence-electron chi connectivity index (χ4n) is 9.21. The summed E-state index contributed by atoms with van der Waals surface area (Å²) in [7, 11) is 0. The fourth-order valence-corrected chi connectivity index (χ4v) is 9.21. The number of esters is 3. The van der Waals surface area contributed by atoms with Gasteiger partial charge in [-0.2, -0.15) is 0 Å². The van der Waals surface area contributed by atoms with E-state index in [2.05, 4.69) is 32.9 Å². The molecule has 0 amide bonds. The first-order chi connectivity index (χ1) is 33.0. The molecule has 0 N–H and O–H groups in total. The molecule has 6 heteroatoms. The van der Waals surface area contributed by atoms with Crippen LogP contribution in [0.5, 0.6) is 0 Å². The van der Waals surface area contributed by atoms with Gasteiger partial charge in [-0.05, 0) is 44.9 Å². The van der Waals surface area contributed by atoms with E-state index >= 15 is 0 Å². The first kappa shape index (κ1) is 65.1. The molecule has 0 aliphatic carbocycles. The first-order valence-electron chi connectivity index (χ1n) is 30.2. The average molecular weight is 946 g/mol. The molecule has 0 heterocycles. The van der Waals surface area contributed by atoms with E-state index in [0.29, 0.717) is 19.3 Å². The lowest BCUT2D eigenvalue weighted by Crippen LogP contribution is -2.30. The summed E-state index contributed by atoms with van der Waals surface area (Å²) in [6, 6.07) is 0. The van der Waals surface area contributed by atoms with Crippen molar-refractivity contribution < 1.29 is 28.6 Å². The number of allylic oxidation sites excluding steroid dienone is 2. The minimum Gasteiger partial charge on any atom is -0.462 e. The number of carbonyl (C=O) groups excluding carboxylic acids is 3. The second-order valence-electron chi connectivity index (χ2n) is 20.6. The summed E-state index contributed by atoms with van der Waals surface area (Å²) in [6.07, 6.45) is 64.9. The Hall–Kier alpha value is -1.85. The standard InChI is InChI=1S/C61H116O6/c1-4-7-10-13-16-19-22-25-27-29-31-33-36-39-42-45-48-51-54-60(63)66-57-58(56-65-59(62)53-50-47-44-41-38-35-24-21-18-15-12-9-6-3)67-61(64)55-52-49-46-43-40-37-34-32-30-28-26-23-20-17-14-11-8-5-2/h21,24,58H,4-20,22-23,25-57H2,1-3H3/b24-21+/t58-/m1/s1. The molecular formula is C61H116O6. The van der Waals surface area contributed by atoms with E-state index < -0.39 is 6.10 Å². The van der Waals surface area contributed by atoms with E-state index in [0.717, 1.165) is 64.2 Å². The fraction of sp³-hybridized carbons (Fsp3) is 0.918. The topological polar surface area (TPSA) is 78.9 Å². The number of unbranched alkanes of at least 4 members (excludes halogenated alkanes) is 43. The third-order valence-electron chi connectivity index (χ3n) is 13.8. The van der Waals surface area contributed by atoms with Crippen LogP contribution >= 0.6 is 0 Å². The Morgan fingerprint density at radius 1 is 0.284 bits per heavy atom. The minimum atomic E-state index is -0.768. The summed E-state index contributed by atoms with van der Waals surface area (Å²) < 4.78 is 16.9. The van der Waals surface area contributed by atoms with Crippen molar-refractivity contribution in [1.82, 2.24) is 0 Å². The molecule has 1 atom stereocenters. The predicted octanol–water partition coefficient (Wildman–Crippen LogP) is 20.1. The van der Waals surface area contributed by atoms with E-state index in [1.807, 2.05) is 0 Å². The molecule has 6 nitrogen and oxygen atoms in total. The maximum Gasteiger partial charge on any atom is 0.306 e. The van der Waals surface area contributed by atoms with Gasteiger partial charge in [0, 0.05) is 19.3 Å². The molecule has 67 heavy (non-hydrogen) atoms. The summed E-state index contributed by atoms with van der Waals surface area (Å²) in [6.45, 7) is 6.69. The Morgan fingerprint density at radius 3 is 0.761 bits per heavy atom. The molecule has 0 aromatic heterocycles. The number of ether oxygens (including phenoxy) is 3. The van der Waals surface area contributed by atoms with E-state index in [-0.39, 0.29) is 31.1 Å². The van der Waals surface area contributed by atoms with Crippen LogP contribution in [0.15, 0.2) is 12.2 Å². The highest BCUT2D eigenvalue weighted by Crippen LogP contribution is 2.18. The summed E-state index contributed by atoms with van der Waals surface area (Å²) >= 11 is 0. The zero-order valence-electron chi connectivity index (χ0n) is 45.5. The lowest BCUT2D eigenvalue weighted by molar-refractivity contribution is -0.167. The quantitative estimate of drug-likeness (QED) is 0.0262. The molecule has 0 saturated heterocycles. The Balaban J connectivity index is 4.29. The summed E-state index contributed by atoms with van der Waals surface area (Å²) in [5, 5.41) is 0. The van der Waals surface area contributed by atoms with Gasteiger partial charge >= 0.3 is 17.9 Å². The highest BCUT2D eigenvalue weighted by Gasteiger charge is 2.19. The summed E-state index contributed by atoms with van der Waals surface area (Å²) in [5.74, 6) is -0.848. The maximum atomic E-state index is 12.9. The molecular weight excluding hydrogens is 829 g/mol. The molecule has 0 fully saturated rings. The smallest absolute Gasteiger partial charge is 0.306 e. The van der Waals surface area contributed by atoms with Crippen molar-refractivity contribution in [2.45, 2.75) is 348 Å². The van der Waals surface area contributed by atoms with Crippen molar-refractivity contribution in [2.75, 3.05) is 13.2 Å². The Kier molecular flexibility index (Phi) is 55.2. The minimum absolute atomic E-state index is 0.0663. The van der Waals surface area contributed by atoms with Crippen molar-refractivity contribution in [3.63, 3.8) is 0 Å².